The second-order valence-electron chi connectivity index (χ2n) is 5.35. The molecule has 2 rings (SSSR count). The number of carbonyl (C=O) groups excluding carboxylic acids is 2. The zero-order valence-electron chi connectivity index (χ0n) is 13.2. The van der Waals surface area contributed by atoms with Crippen LogP contribution in [0.5, 0.6) is 0 Å². The van der Waals surface area contributed by atoms with Gasteiger partial charge in [-0.05, 0) is 25.5 Å². The molecule has 0 aliphatic heterocycles. The molecule has 0 aliphatic rings. The van der Waals surface area contributed by atoms with Crippen molar-refractivity contribution in [1.29, 1.82) is 0 Å². The summed E-state index contributed by atoms with van der Waals surface area (Å²) in [4.78, 5) is 39.9. The van der Waals surface area contributed by atoms with Crippen LogP contribution in [0.3, 0.4) is 0 Å². The second kappa shape index (κ2) is 7.53. The Kier molecular flexibility index (Phi) is 5.46. The summed E-state index contributed by atoms with van der Waals surface area (Å²) in [5, 5.41) is 5.70. The fourth-order valence-electron chi connectivity index (χ4n) is 2.04. The third-order valence-corrected chi connectivity index (χ3v) is 3.51. The summed E-state index contributed by atoms with van der Waals surface area (Å²) < 4.78 is 1.23. The summed E-state index contributed by atoms with van der Waals surface area (Å²) in [7, 11) is 0. The average molecular weight is 316 g/mol. The van der Waals surface area contributed by atoms with Crippen molar-refractivity contribution >= 4 is 22.7 Å². The Labute approximate surface area is 133 Å². The van der Waals surface area contributed by atoms with E-state index in [0.29, 0.717) is 10.9 Å². The van der Waals surface area contributed by atoms with E-state index in [1.807, 2.05) is 13.8 Å². The predicted octanol–water partition coefficient (Wildman–Crippen LogP) is 0.427. The zero-order chi connectivity index (χ0) is 16.8. The van der Waals surface area contributed by atoms with Gasteiger partial charge in [-0.15, -0.1) is 0 Å². The van der Waals surface area contributed by atoms with Gasteiger partial charge in [0.05, 0.1) is 23.8 Å². The van der Waals surface area contributed by atoms with Crippen molar-refractivity contribution in [3.05, 3.63) is 40.9 Å². The number of carbonyl (C=O) groups is 2. The first-order valence-corrected chi connectivity index (χ1v) is 7.51. The van der Waals surface area contributed by atoms with E-state index in [-0.39, 0.29) is 30.6 Å². The Bertz CT molecular complexity index is 769. The molecule has 2 amide bonds. The fourth-order valence-corrected chi connectivity index (χ4v) is 2.04. The van der Waals surface area contributed by atoms with Crippen LogP contribution in [0.1, 0.15) is 20.3 Å². The van der Waals surface area contributed by atoms with Crippen LogP contribution in [-0.4, -0.2) is 34.0 Å². The van der Waals surface area contributed by atoms with Crippen molar-refractivity contribution in [1.82, 2.24) is 20.2 Å². The van der Waals surface area contributed by atoms with Gasteiger partial charge in [0.25, 0.3) is 5.56 Å². The number of benzene rings is 1. The highest BCUT2D eigenvalue weighted by Crippen LogP contribution is 2.04. The van der Waals surface area contributed by atoms with Crippen LogP contribution in [-0.2, 0) is 16.1 Å². The van der Waals surface area contributed by atoms with E-state index < -0.39 is 5.91 Å². The molecule has 23 heavy (non-hydrogen) atoms. The smallest absolute Gasteiger partial charge is 0.261 e. The Balaban J connectivity index is 1.97. The molecular weight excluding hydrogens is 296 g/mol. The molecule has 1 atom stereocenters. The molecule has 0 bridgehead atoms. The highest BCUT2D eigenvalue weighted by atomic mass is 16.2. The quantitative estimate of drug-likeness (QED) is 0.808. The summed E-state index contributed by atoms with van der Waals surface area (Å²) in [5.74, 6) is -0.667. The summed E-state index contributed by atoms with van der Waals surface area (Å²) >= 11 is 0. The van der Waals surface area contributed by atoms with E-state index in [1.165, 1.54) is 10.9 Å². The van der Waals surface area contributed by atoms with Gasteiger partial charge in [0.1, 0.15) is 6.54 Å². The molecule has 2 aromatic rings. The Hall–Kier alpha value is -2.70. The van der Waals surface area contributed by atoms with Gasteiger partial charge in [0.2, 0.25) is 11.8 Å². The van der Waals surface area contributed by atoms with E-state index >= 15 is 0 Å². The minimum Gasteiger partial charge on any atom is -0.352 e. The Morgan fingerprint density at radius 2 is 2.00 bits per heavy atom. The van der Waals surface area contributed by atoms with Gasteiger partial charge < -0.3 is 10.6 Å². The van der Waals surface area contributed by atoms with Gasteiger partial charge in [0.15, 0.2) is 0 Å². The number of hydrogen-bond acceptors (Lipinski definition) is 4. The van der Waals surface area contributed by atoms with Crippen molar-refractivity contribution in [2.75, 3.05) is 6.54 Å². The minimum atomic E-state index is -0.413. The maximum Gasteiger partial charge on any atom is 0.261 e. The van der Waals surface area contributed by atoms with Crippen LogP contribution in [0.4, 0.5) is 0 Å². The molecule has 0 saturated carbocycles. The molecule has 1 unspecified atom stereocenters. The molecule has 0 aliphatic carbocycles. The minimum absolute atomic E-state index is 0.0618. The molecule has 1 heterocycles. The molecule has 7 heteroatoms. The van der Waals surface area contributed by atoms with Crippen LogP contribution >= 0.6 is 0 Å². The van der Waals surface area contributed by atoms with Gasteiger partial charge in [-0.1, -0.05) is 19.1 Å². The molecule has 0 spiro atoms. The number of nitrogens with zero attached hydrogens (tertiary/aromatic N) is 2. The number of nitrogens with one attached hydrogen (secondary N) is 2. The summed E-state index contributed by atoms with van der Waals surface area (Å²) in [6, 6.07) is 7.00. The predicted molar refractivity (Wildman–Crippen MR) is 86.9 cm³/mol. The van der Waals surface area contributed by atoms with E-state index in [9.17, 15) is 14.4 Å². The SMILES string of the molecule is CCC(C)NC(=O)CNC(=O)Cn1cnc2ccccc2c1=O. The maximum atomic E-state index is 12.3. The summed E-state index contributed by atoms with van der Waals surface area (Å²) in [5.41, 5.74) is 0.303. The van der Waals surface area contributed by atoms with Crippen molar-refractivity contribution in [2.24, 2.45) is 0 Å². The number of aromatic nitrogens is 2. The van der Waals surface area contributed by atoms with Gasteiger partial charge in [0, 0.05) is 6.04 Å². The Morgan fingerprint density at radius 3 is 2.74 bits per heavy atom. The first-order valence-electron chi connectivity index (χ1n) is 7.51. The molecule has 0 saturated heterocycles. The van der Waals surface area contributed by atoms with Crippen molar-refractivity contribution in [3.8, 4) is 0 Å². The summed E-state index contributed by atoms with van der Waals surface area (Å²) in [6.45, 7) is 3.56. The van der Waals surface area contributed by atoms with Crippen molar-refractivity contribution < 1.29 is 9.59 Å². The molecule has 1 aromatic heterocycles. The molecule has 2 N–H and O–H groups in total. The lowest BCUT2D eigenvalue weighted by Crippen LogP contribution is -2.42. The van der Waals surface area contributed by atoms with Gasteiger partial charge in [-0.25, -0.2) is 4.98 Å². The lowest BCUT2D eigenvalue weighted by Gasteiger charge is -2.12. The number of hydrogen-bond donors (Lipinski definition) is 2. The standard InChI is InChI=1S/C16H20N4O3/c1-3-11(2)19-14(21)8-17-15(22)9-20-10-18-13-7-5-4-6-12(13)16(20)23/h4-7,10-11H,3,8-9H2,1-2H3,(H,17,22)(H,19,21). The number of rotatable bonds is 6. The molecular formula is C16H20N4O3. The van der Waals surface area contributed by atoms with E-state index in [4.69, 9.17) is 0 Å². The highest BCUT2D eigenvalue weighted by Gasteiger charge is 2.10. The number of para-hydroxylation sites is 1. The molecule has 122 valence electrons. The van der Waals surface area contributed by atoms with E-state index in [2.05, 4.69) is 15.6 Å². The molecule has 0 fully saturated rings. The van der Waals surface area contributed by atoms with Crippen LogP contribution < -0.4 is 16.2 Å². The lowest BCUT2D eigenvalue weighted by atomic mass is 10.2. The van der Waals surface area contributed by atoms with Gasteiger partial charge >= 0.3 is 0 Å². The Morgan fingerprint density at radius 1 is 1.26 bits per heavy atom. The van der Waals surface area contributed by atoms with Crippen LogP contribution in [0.15, 0.2) is 35.4 Å². The molecule has 0 radical (unpaired) electrons. The first-order chi connectivity index (χ1) is 11.0. The monoisotopic (exact) mass is 316 g/mol. The van der Waals surface area contributed by atoms with Gasteiger partial charge in [-0.2, -0.15) is 0 Å². The normalized spacial score (nSPS) is 11.9. The van der Waals surface area contributed by atoms with Crippen LogP contribution in [0.2, 0.25) is 0 Å². The van der Waals surface area contributed by atoms with E-state index in [0.717, 1.165) is 6.42 Å². The van der Waals surface area contributed by atoms with Crippen molar-refractivity contribution in [3.63, 3.8) is 0 Å². The van der Waals surface area contributed by atoms with E-state index in [1.54, 1.807) is 24.3 Å². The average Bonchev–Trinajstić information content (AvgIpc) is 2.55. The second-order valence-corrected chi connectivity index (χ2v) is 5.35. The summed E-state index contributed by atoms with van der Waals surface area (Å²) in [6.07, 6.45) is 2.15. The molecule has 7 nitrogen and oxygen atoms in total. The zero-order valence-corrected chi connectivity index (χ0v) is 13.2. The topological polar surface area (TPSA) is 93.1 Å². The first kappa shape index (κ1) is 16.7. The van der Waals surface area contributed by atoms with Crippen LogP contribution in [0, 0.1) is 0 Å². The van der Waals surface area contributed by atoms with Crippen molar-refractivity contribution in [2.45, 2.75) is 32.9 Å². The van der Waals surface area contributed by atoms with Crippen LogP contribution in [0.25, 0.3) is 10.9 Å². The largest absolute Gasteiger partial charge is 0.352 e. The fraction of sp³-hybridized carbons (Fsp3) is 0.375. The lowest BCUT2D eigenvalue weighted by molar-refractivity contribution is -0.126. The third-order valence-electron chi connectivity index (χ3n) is 3.51. The van der Waals surface area contributed by atoms with Gasteiger partial charge in [-0.3, -0.25) is 19.0 Å². The molecule has 1 aromatic carbocycles. The number of amides is 2. The maximum absolute atomic E-state index is 12.3. The number of fused-ring (bicyclic) bond motifs is 1. The highest BCUT2D eigenvalue weighted by molar-refractivity contribution is 5.85. The third kappa shape index (κ3) is 4.38.